The molecule has 1 aliphatic rings. The Labute approximate surface area is 196 Å². The van der Waals surface area contributed by atoms with Gasteiger partial charge >= 0.3 is 10.2 Å². The number of aromatic nitrogens is 1. The van der Waals surface area contributed by atoms with Gasteiger partial charge in [0.05, 0.1) is 11.4 Å². The average molecular weight is 477 g/mol. The largest absolute Gasteiger partial charge is 0.322 e. The van der Waals surface area contributed by atoms with Crippen molar-refractivity contribution in [3.8, 4) is 11.3 Å². The molecule has 5 rings (SSSR count). The number of hydrogen-bond donors (Lipinski definition) is 2. The second kappa shape index (κ2) is 8.85. The SMILES string of the molecule is O=C(Nc1ccc(F)c(-c2nccc3ccccc23)c1)c1ccc(N2CCCNS2(=O)=O)cc1. The average Bonchev–Trinajstić information content (AvgIpc) is 2.85. The number of carbonyl (C=O) groups excluding carboxylic acids is 1. The van der Waals surface area contributed by atoms with Gasteiger partial charge in [-0.2, -0.15) is 13.1 Å². The highest BCUT2D eigenvalue weighted by Gasteiger charge is 2.25. The molecule has 0 aliphatic carbocycles. The third-order valence-electron chi connectivity index (χ3n) is 5.68. The monoisotopic (exact) mass is 476 g/mol. The molecular formula is C25H21FN4O3S. The van der Waals surface area contributed by atoms with E-state index in [0.717, 1.165) is 10.8 Å². The van der Waals surface area contributed by atoms with Crippen LogP contribution in [0.3, 0.4) is 0 Å². The van der Waals surface area contributed by atoms with Crippen LogP contribution in [0.15, 0.2) is 79.0 Å². The molecule has 1 aromatic heterocycles. The zero-order valence-corrected chi connectivity index (χ0v) is 18.8. The standard InChI is InChI=1S/C25H21FN4O3S/c26-23-11-8-19(16-22(23)24-21-5-2-1-4-17(21)12-14-27-24)29-25(31)18-6-9-20(10-7-18)30-15-3-13-28-34(30,32)33/h1-2,4-12,14,16,28H,3,13,15H2,(H,29,31). The normalized spacial score (nSPS) is 15.3. The number of benzene rings is 3. The van der Waals surface area contributed by atoms with Crippen molar-refractivity contribution < 1.29 is 17.6 Å². The van der Waals surface area contributed by atoms with E-state index in [1.165, 1.54) is 16.4 Å². The quantitative estimate of drug-likeness (QED) is 0.459. The number of nitrogens with one attached hydrogen (secondary N) is 2. The summed E-state index contributed by atoms with van der Waals surface area (Å²) >= 11 is 0. The number of amides is 1. The predicted molar refractivity (Wildman–Crippen MR) is 130 cm³/mol. The third kappa shape index (κ3) is 4.23. The van der Waals surface area contributed by atoms with E-state index in [4.69, 9.17) is 0 Å². The van der Waals surface area contributed by atoms with Gasteiger partial charge in [-0.3, -0.25) is 14.1 Å². The third-order valence-corrected chi connectivity index (χ3v) is 7.23. The first-order chi connectivity index (χ1) is 16.4. The van der Waals surface area contributed by atoms with Gasteiger partial charge < -0.3 is 5.32 Å². The van der Waals surface area contributed by atoms with E-state index < -0.39 is 21.9 Å². The van der Waals surface area contributed by atoms with Crippen LogP contribution in [0.4, 0.5) is 15.8 Å². The van der Waals surface area contributed by atoms with Crippen LogP contribution >= 0.6 is 0 Å². The van der Waals surface area contributed by atoms with Gasteiger partial charge in [0.25, 0.3) is 5.91 Å². The van der Waals surface area contributed by atoms with E-state index in [1.807, 2.05) is 30.3 Å². The Morgan fingerprint density at radius 3 is 2.62 bits per heavy atom. The molecule has 0 atom stereocenters. The molecule has 0 spiro atoms. The number of nitrogens with zero attached hydrogens (tertiary/aromatic N) is 2. The van der Waals surface area contributed by atoms with Crippen LogP contribution in [0.5, 0.6) is 0 Å². The van der Waals surface area contributed by atoms with Gasteiger partial charge in [-0.25, -0.2) is 4.39 Å². The highest BCUT2D eigenvalue weighted by molar-refractivity contribution is 7.90. The summed E-state index contributed by atoms with van der Waals surface area (Å²) in [6.07, 6.45) is 2.32. The molecule has 1 fully saturated rings. The summed E-state index contributed by atoms with van der Waals surface area (Å²) in [5.74, 6) is -0.836. The van der Waals surface area contributed by atoms with Crippen LogP contribution in [-0.2, 0) is 10.2 Å². The molecule has 2 N–H and O–H groups in total. The molecule has 1 aliphatic heterocycles. The van der Waals surface area contributed by atoms with E-state index in [2.05, 4.69) is 15.0 Å². The molecule has 4 aromatic rings. The molecule has 1 amide bonds. The molecule has 0 saturated carbocycles. The summed E-state index contributed by atoms with van der Waals surface area (Å²) < 4.78 is 42.9. The first-order valence-electron chi connectivity index (χ1n) is 10.7. The lowest BCUT2D eigenvalue weighted by Gasteiger charge is -2.28. The molecular weight excluding hydrogens is 455 g/mol. The molecule has 1 saturated heterocycles. The van der Waals surface area contributed by atoms with Gasteiger partial charge in [0.1, 0.15) is 5.82 Å². The topological polar surface area (TPSA) is 91.4 Å². The number of hydrogen-bond acceptors (Lipinski definition) is 4. The van der Waals surface area contributed by atoms with Crippen LogP contribution < -0.4 is 14.3 Å². The maximum absolute atomic E-state index is 14.7. The van der Waals surface area contributed by atoms with Crippen molar-refractivity contribution in [3.05, 3.63) is 90.4 Å². The Hall–Kier alpha value is -3.82. The first kappa shape index (κ1) is 22.0. The fraction of sp³-hybridized carbons (Fsp3) is 0.120. The van der Waals surface area contributed by atoms with Crippen molar-refractivity contribution in [2.75, 3.05) is 22.7 Å². The smallest absolute Gasteiger partial charge is 0.301 e. The number of rotatable bonds is 4. The summed E-state index contributed by atoms with van der Waals surface area (Å²) in [5, 5.41) is 4.53. The second-order valence-corrected chi connectivity index (χ2v) is 9.58. The van der Waals surface area contributed by atoms with Crippen LogP contribution in [0.2, 0.25) is 0 Å². The Balaban J connectivity index is 1.39. The molecule has 3 aromatic carbocycles. The highest BCUT2D eigenvalue weighted by Crippen LogP contribution is 2.30. The molecule has 2 heterocycles. The maximum atomic E-state index is 14.7. The Morgan fingerprint density at radius 1 is 1.03 bits per heavy atom. The Kier molecular flexibility index (Phi) is 5.72. The number of carbonyl (C=O) groups is 1. The van der Waals surface area contributed by atoms with Crippen molar-refractivity contribution in [3.63, 3.8) is 0 Å². The fourth-order valence-electron chi connectivity index (χ4n) is 3.99. The van der Waals surface area contributed by atoms with Gasteiger partial charge in [0.2, 0.25) is 0 Å². The molecule has 0 unspecified atom stereocenters. The van der Waals surface area contributed by atoms with Crippen LogP contribution in [0.1, 0.15) is 16.8 Å². The van der Waals surface area contributed by atoms with Gasteiger partial charge in [0.15, 0.2) is 0 Å². The fourth-order valence-corrected chi connectivity index (χ4v) is 5.32. The van der Waals surface area contributed by atoms with Crippen LogP contribution in [-0.4, -0.2) is 32.4 Å². The minimum atomic E-state index is -3.57. The molecule has 0 radical (unpaired) electrons. The minimum Gasteiger partial charge on any atom is -0.322 e. The summed E-state index contributed by atoms with van der Waals surface area (Å²) in [6, 6.07) is 20.1. The van der Waals surface area contributed by atoms with Crippen molar-refractivity contribution in [2.45, 2.75) is 6.42 Å². The van der Waals surface area contributed by atoms with Crippen molar-refractivity contribution >= 4 is 38.3 Å². The zero-order valence-electron chi connectivity index (χ0n) is 18.0. The van der Waals surface area contributed by atoms with Crippen molar-refractivity contribution in [1.82, 2.24) is 9.71 Å². The van der Waals surface area contributed by atoms with Crippen molar-refractivity contribution in [1.29, 1.82) is 0 Å². The number of fused-ring (bicyclic) bond motifs is 1. The van der Waals surface area contributed by atoms with Gasteiger partial charge in [0, 0.05) is 41.5 Å². The number of anilines is 2. The van der Waals surface area contributed by atoms with Gasteiger partial charge in [-0.1, -0.05) is 24.3 Å². The molecule has 7 nitrogen and oxygen atoms in total. The van der Waals surface area contributed by atoms with E-state index in [0.29, 0.717) is 42.1 Å². The van der Waals surface area contributed by atoms with Crippen LogP contribution in [0.25, 0.3) is 22.0 Å². The molecule has 0 bridgehead atoms. The number of halogens is 1. The summed E-state index contributed by atoms with van der Waals surface area (Å²) in [6.45, 7) is 0.786. The lowest BCUT2D eigenvalue weighted by atomic mass is 10.0. The van der Waals surface area contributed by atoms with Crippen LogP contribution in [0, 0.1) is 5.82 Å². The molecule has 172 valence electrons. The van der Waals surface area contributed by atoms with E-state index in [1.54, 1.807) is 36.5 Å². The zero-order chi connectivity index (χ0) is 23.7. The lowest BCUT2D eigenvalue weighted by molar-refractivity contribution is 0.102. The number of pyridine rings is 1. The summed E-state index contributed by atoms with van der Waals surface area (Å²) in [5.41, 5.74) is 2.03. The second-order valence-electron chi connectivity index (χ2n) is 7.90. The van der Waals surface area contributed by atoms with Gasteiger partial charge in [-0.15, -0.1) is 0 Å². The van der Waals surface area contributed by atoms with E-state index in [9.17, 15) is 17.6 Å². The lowest BCUT2D eigenvalue weighted by Crippen LogP contribution is -2.47. The van der Waals surface area contributed by atoms with Gasteiger partial charge in [-0.05, 0) is 60.3 Å². The molecule has 34 heavy (non-hydrogen) atoms. The van der Waals surface area contributed by atoms with Crippen molar-refractivity contribution in [2.24, 2.45) is 0 Å². The van der Waals surface area contributed by atoms with E-state index in [-0.39, 0.29) is 5.56 Å². The highest BCUT2D eigenvalue weighted by atomic mass is 32.2. The summed E-state index contributed by atoms with van der Waals surface area (Å²) in [4.78, 5) is 17.2. The predicted octanol–water partition coefficient (Wildman–Crippen LogP) is 4.34. The van der Waals surface area contributed by atoms with E-state index >= 15 is 0 Å². The molecule has 9 heteroatoms. The Bertz CT molecular complexity index is 1480. The Morgan fingerprint density at radius 2 is 1.82 bits per heavy atom. The minimum absolute atomic E-state index is 0.285. The summed E-state index contributed by atoms with van der Waals surface area (Å²) in [7, 11) is -3.57. The first-order valence-corrected chi connectivity index (χ1v) is 12.2. The maximum Gasteiger partial charge on any atom is 0.301 e.